The average Bonchev–Trinajstić information content (AvgIpc) is 3.35. The molecule has 7 nitrogen and oxygen atoms in total. The minimum atomic E-state index is -0.483. The fourth-order valence-electron chi connectivity index (χ4n) is 8.11. The molecule has 0 bridgehead atoms. The Hall–Kier alpha value is -3.48. The number of fused-ring (bicyclic) bond motifs is 1. The number of carbonyl (C=O) groups is 4. The van der Waals surface area contributed by atoms with Gasteiger partial charge >= 0.3 is 0 Å². The minimum Gasteiger partial charge on any atom is -0.326 e. The van der Waals surface area contributed by atoms with Gasteiger partial charge in [0, 0.05) is 13.8 Å². The molecular weight excluding hydrogens is 683 g/mol. The Kier molecular flexibility index (Phi) is 18.6. The largest absolute Gasteiger partial charge is 0.326 e. The number of imide groups is 1. The second kappa shape index (κ2) is 22.3. The van der Waals surface area contributed by atoms with Gasteiger partial charge in [0.25, 0.3) is 11.8 Å². The van der Waals surface area contributed by atoms with Crippen LogP contribution in [0, 0.1) is 35.5 Å². The molecule has 2 aromatic carbocycles. The van der Waals surface area contributed by atoms with Gasteiger partial charge < -0.3 is 10.6 Å². The Morgan fingerprint density at radius 3 is 1.20 bits per heavy atom. The van der Waals surface area contributed by atoms with Crippen molar-refractivity contribution in [3.63, 3.8) is 0 Å². The summed E-state index contributed by atoms with van der Waals surface area (Å²) in [6.45, 7) is 23.6. The van der Waals surface area contributed by atoms with E-state index in [1.54, 1.807) is 12.1 Å². The van der Waals surface area contributed by atoms with Gasteiger partial charge in [0.1, 0.15) is 0 Å². The fraction of sp³-hybridized carbons (Fsp3) is 0.667. The van der Waals surface area contributed by atoms with E-state index < -0.39 is 11.8 Å². The Morgan fingerprint density at radius 2 is 0.873 bits per heavy atom. The monoisotopic (exact) mass is 758 g/mol. The number of nitrogens with one attached hydrogen (secondary N) is 2. The lowest BCUT2D eigenvalue weighted by atomic mass is 9.85. The summed E-state index contributed by atoms with van der Waals surface area (Å²) in [5.74, 6) is 2.20. The van der Waals surface area contributed by atoms with Crippen LogP contribution in [-0.2, 0) is 28.9 Å². The summed E-state index contributed by atoms with van der Waals surface area (Å²) in [6, 6.07) is 7.38. The highest BCUT2D eigenvalue weighted by Crippen LogP contribution is 2.40. The molecule has 4 amide bonds. The zero-order valence-corrected chi connectivity index (χ0v) is 36.5. The van der Waals surface area contributed by atoms with Crippen LogP contribution in [0.4, 0.5) is 17.1 Å². The van der Waals surface area contributed by atoms with Crippen LogP contribution in [0.3, 0.4) is 0 Å². The molecule has 1 heterocycles. The zero-order valence-electron chi connectivity index (χ0n) is 36.5. The van der Waals surface area contributed by atoms with Crippen molar-refractivity contribution in [1.82, 2.24) is 0 Å². The molecule has 0 radical (unpaired) electrons. The predicted octanol–water partition coefficient (Wildman–Crippen LogP) is 12.6. The topological polar surface area (TPSA) is 95.6 Å². The first-order valence-corrected chi connectivity index (χ1v) is 21.7. The van der Waals surface area contributed by atoms with Crippen molar-refractivity contribution in [1.29, 1.82) is 0 Å². The van der Waals surface area contributed by atoms with Gasteiger partial charge in [-0.2, -0.15) is 0 Å². The number of anilines is 3. The lowest BCUT2D eigenvalue weighted by Gasteiger charge is -2.24. The van der Waals surface area contributed by atoms with Gasteiger partial charge in [-0.05, 0) is 115 Å². The predicted molar refractivity (Wildman–Crippen MR) is 231 cm³/mol. The number of hydrogen-bond acceptors (Lipinski definition) is 4. The first-order chi connectivity index (χ1) is 26.0. The number of carbonyl (C=O) groups excluding carboxylic acids is 4. The van der Waals surface area contributed by atoms with Crippen molar-refractivity contribution in [3.05, 3.63) is 52.1 Å². The van der Waals surface area contributed by atoms with Gasteiger partial charge in [0.05, 0.1) is 28.2 Å². The SMILES string of the molecule is CC(=O)Nc1ccc(NC(C)=O)c2c1C(=O)N(c1cc(CC[C@@H](C)CCCC(C)C)c(CC[C@@H](C)CCCC(C)C)c(CC[C@@H](C)CCCC(C)C)c1)C2=O. The van der Waals surface area contributed by atoms with E-state index in [0.717, 1.165) is 38.5 Å². The van der Waals surface area contributed by atoms with Gasteiger partial charge in [-0.15, -0.1) is 0 Å². The molecule has 7 heteroatoms. The van der Waals surface area contributed by atoms with E-state index in [0.29, 0.717) is 41.2 Å². The third kappa shape index (κ3) is 14.5. The second-order valence-electron chi connectivity index (χ2n) is 18.4. The third-order valence-corrected chi connectivity index (χ3v) is 11.5. The standard InChI is InChI=1S/C48H75N3O4/c1-31(2)15-12-18-34(7)21-24-39-29-41(51-47(54)45-43(49-37(10)52)27-28-44(50-38(11)53)46(45)48(51)55)30-40(25-22-35(8)19-13-16-32(3)4)42(39)26-23-36(9)20-14-17-33(5)6/h27-36H,12-26H2,1-11H3,(H,49,52)(H,50,53)/t34-,35-,36-/m0/s1. The van der Waals surface area contributed by atoms with Crippen molar-refractivity contribution in [2.45, 2.75) is 172 Å². The molecule has 1 aliphatic heterocycles. The molecule has 0 aliphatic carbocycles. The lowest BCUT2D eigenvalue weighted by molar-refractivity contribution is -0.115. The van der Waals surface area contributed by atoms with Crippen molar-refractivity contribution in [2.75, 3.05) is 15.5 Å². The lowest BCUT2D eigenvalue weighted by Crippen LogP contribution is -2.30. The maximum atomic E-state index is 14.4. The highest BCUT2D eigenvalue weighted by atomic mass is 16.2. The molecule has 0 saturated heterocycles. The smallest absolute Gasteiger partial charge is 0.268 e. The first-order valence-electron chi connectivity index (χ1n) is 21.7. The maximum absolute atomic E-state index is 14.4. The summed E-state index contributed by atoms with van der Waals surface area (Å²) in [6.07, 6.45) is 17.0. The molecule has 55 heavy (non-hydrogen) atoms. The molecule has 3 atom stereocenters. The van der Waals surface area contributed by atoms with Gasteiger partial charge in [0.15, 0.2) is 0 Å². The quantitative estimate of drug-likeness (QED) is 0.104. The number of hydrogen-bond donors (Lipinski definition) is 2. The molecule has 0 fully saturated rings. The van der Waals surface area contributed by atoms with E-state index in [1.165, 1.54) is 93.2 Å². The minimum absolute atomic E-state index is 0.117. The number of nitrogens with zero attached hydrogens (tertiary/aromatic N) is 1. The molecule has 1 aliphatic rings. The molecule has 0 aromatic heterocycles. The normalized spacial score (nSPS) is 14.5. The Morgan fingerprint density at radius 1 is 0.527 bits per heavy atom. The fourth-order valence-corrected chi connectivity index (χ4v) is 8.11. The van der Waals surface area contributed by atoms with E-state index in [-0.39, 0.29) is 34.3 Å². The van der Waals surface area contributed by atoms with Gasteiger partial charge in [-0.1, -0.05) is 120 Å². The molecule has 0 unspecified atom stereocenters. The van der Waals surface area contributed by atoms with Crippen LogP contribution in [0.5, 0.6) is 0 Å². The summed E-state index contributed by atoms with van der Waals surface area (Å²) in [4.78, 5) is 54.6. The van der Waals surface area contributed by atoms with Crippen LogP contribution in [0.1, 0.15) is 191 Å². The molecule has 0 spiro atoms. The van der Waals surface area contributed by atoms with Gasteiger partial charge in [-0.25, -0.2) is 4.90 Å². The Balaban J connectivity index is 2.11. The van der Waals surface area contributed by atoms with E-state index in [1.807, 2.05) is 0 Å². The third-order valence-electron chi connectivity index (χ3n) is 11.5. The summed E-state index contributed by atoms with van der Waals surface area (Å²) in [7, 11) is 0. The summed E-state index contributed by atoms with van der Waals surface area (Å²) in [5, 5.41) is 5.50. The number of amides is 4. The van der Waals surface area contributed by atoms with Crippen molar-refractivity contribution < 1.29 is 19.2 Å². The van der Waals surface area contributed by atoms with Crippen LogP contribution in [0.2, 0.25) is 0 Å². The van der Waals surface area contributed by atoms with Crippen LogP contribution in [0.15, 0.2) is 24.3 Å². The van der Waals surface area contributed by atoms with E-state index in [4.69, 9.17) is 0 Å². The maximum Gasteiger partial charge on any atom is 0.268 e. The number of aryl methyl sites for hydroxylation is 2. The molecule has 2 N–H and O–H groups in total. The zero-order chi connectivity index (χ0) is 40.8. The highest BCUT2D eigenvalue weighted by Gasteiger charge is 2.41. The highest BCUT2D eigenvalue weighted by molar-refractivity contribution is 6.38. The first kappa shape index (κ1) is 45.9. The van der Waals surface area contributed by atoms with Crippen LogP contribution in [-0.4, -0.2) is 23.6 Å². The summed E-state index contributed by atoms with van der Waals surface area (Å²) in [5.41, 5.74) is 5.23. The number of rotatable bonds is 24. The van der Waals surface area contributed by atoms with Crippen molar-refractivity contribution >= 4 is 40.7 Å². The second-order valence-corrected chi connectivity index (χ2v) is 18.4. The van der Waals surface area contributed by atoms with E-state index in [2.05, 4.69) is 85.1 Å². The molecular formula is C48H75N3O4. The van der Waals surface area contributed by atoms with Gasteiger partial charge in [0.2, 0.25) is 11.8 Å². The van der Waals surface area contributed by atoms with Crippen LogP contribution >= 0.6 is 0 Å². The average molecular weight is 758 g/mol. The molecule has 3 rings (SSSR count). The van der Waals surface area contributed by atoms with Gasteiger partial charge in [-0.3, -0.25) is 19.2 Å². The Labute approximate surface area is 334 Å². The molecule has 0 saturated carbocycles. The van der Waals surface area contributed by atoms with Crippen LogP contribution in [0.25, 0.3) is 0 Å². The molecule has 306 valence electrons. The summed E-state index contributed by atoms with van der Waals surface area (Å²) < 4.78 is 0. The molecule has 2 aromatic rings. The number of benzene rings is 2. The van der Waals surface area contributed by atoms with E-state index >= 15 is 0 Å². The van der Waals surface area contributed by atoms with Crippen molar-refractivity contribution in [3.8, 4) is 0 Å². The van der Waals surface area contributed by atoms with Crippen molar-refractivity contribution in [2.24, 2.45) is 35.5 Å². The summed E-state index contributed by atoms with van der Waals surface area (Å²) >= 11 is 0. The Bertz CT molecular complexity index is 1490. The van der Waals surface area contributed by atoms with Crippen LogP contribution < -0.4 is 15.5 Å². The van der Waals surface area contributed by atoms with E-state index in [9.17, 15) is 19.2 Å².